The summed E-state index contributed by atoms with van der Waals surface area (Å²) in [5.74, 6) is 1.62. The van der Waals surface area contributed by atoms with Crippen molar-refractivity contribution in [1.82, 2.24) is 19.6 Å². The third-order valence-corrected chi connectivity index (χ3v) is 5.45. The molecule has 3 heterocycles. The predicted molar refractivity (Wildman–Crippen MR) is 116 cm³/mol. The fourth-order valence-electron chi connectivity index (χ4n) is 3.15. The Morgan fingerprint density at radius 2 is 1.87 bits per heavy atom. The second-order valence-electron chi connectivity index (χ2n) is 6.71. The lowest BCUT2D eigenvalue weighted by Crippen LogP contribution is -2.17. The first-order valence-corrected chi connectivity index (χ1v) is 10.5. The van der Waals surface area contributed by atoms with E-state index in [2.05, 4.69) is 20.4 Å². The molecule has 0 fully saturated rings. The van der Waals surface area contributed by atoms with E-state index in [0.717, 1.165) is 5.56 Å². The van der Waals surface area contributed by atoms with Crippen molar-refractivity contribution in [2.75, 3.05) is 24.3 Å². The number of aromatic amines is 1. The molecule has 4 aromatic rings. The van der Waals surface area contributed by atoms with E-state index in [1.807, 2.05) is 30.3 Å². The Balaban J connectivity index is 1.35. The number of amides is 1. The molecule has 1 aliphatic heterocycles. The van der Waals surface area contributed by atoms with Gasteiger partial charge in [-0.3, -0.25) is 14.7 Å². The van der Waals surface area contributed by atoms with Crippen molar-refractivity contribution in [2.45, 2.75) is 5.16 Å². The maximum absolute atomic E-state index is 12.5. The number of thioether (sulfide) groups is 1. The molecule has 0 aliphatic carbocycles. The minimum atomic E-state index is -0.290. The molecule has 9 nitrogen and oxygen atoms in total. The average Bonchev–Trinajstić information content (AvgIpc) is 3.18. The van der Waals surface area contributed by atoms with Crippen LogP contribution in [0.4, 0.5) is 5.69 Å². The van der Waals surface area contributed by atoms with Crippen molar-refractivity contribution < 1.29 is 14.3 Å². The number of nitrogens with one attached hydrogen (secondary N) is 2. The summed E-state index contributed by atoms with van der Waals surface area (Å²) < 4.78 is 12.5. The first-order chi connectivity index (χ1) is 15.2. The van der Waals surface area contributed by atoms with Crippen molar-refractivity contribution in [3.63, 3.8) is 0 Å². The molecule has 2 aromatic carbocycles. The summed E-state index contributed by atoms with van der Waals surface area (Å²) >= 11 is 1.20. The van der Waals surface area contributed by atoms with Crippen LogP contribution in [0.25, 0.3) is 17.0 Å². The predicted octanol–water partition coefficient (Wildman–Crippen LogP) is 2.59. The number of nitrogens with zero attached hydrogens (tertiary/aromatic N) is 3. The van der Waals surface area contributed by atoms with Gasteiger partial charge >= 0.3 is 0 Å². The summed E-state index contributed by atoms with van der Waals surface area (Å²) in [6, 6.07) is 16.1. The number of ether oxygens (including phenoxy) is 2. The van der Waals surface area contributed by atoms with Gasteiger partial charge in [-0.2, -0.15) is 0 Å². The Hall–Kier alpha value is -3.79. The molecular formula is C21H17N5O4S. The fourth-order valence-corrected chi connectivity index (χ4v) is 3.90. The zero-order chi connectivity index (χ0) is 21.2. The largest absolute Gasteiger partial charge is 0.486 e. The topological polar surface area (TPSA) is 111 Å². The molecule has 0 unspecified atom stereocenters. The van der Waals surface area contributed by atoms with Gasteiger partial charge < -0.3 is 14.8 Å². The molecule has 0 atom stereocenters. The molecule has 1 aliphatic rings. The molecule has 1 amide bonds. The molecule has 10 heteroatoms. The Labute approximate surface area is 180 Å². The second kappa shape index (κ2) is 8.15. The van der Waals surface area contributed by atoms with Gasteiger partial charge in [-0.25, -0.2) is 14.5 Å². The maximum Gasteiger partial charge on any atom is 0.266 e. The standard InChI is InChI=1S/C21H17N5O4S/c27-18-11-17-23-20(13-4-2-1-3-5-13)24-21(26(17)25-18)31-12-19(28)22-14-6-7-15-16(10-14)30-9-8-29-15/h1-7,10-11H,8-9,12H2,(H,22,28)(H,25,27). The number of carbonyl (C=O) groups is 1. The monoisotopic (exact) mass is 435 g/mol. The molecule has 0 spiro atoms. The smallest absolute Gasteiger partial charge is 0.266 e. The molecular weight excluding hydrogens is 418 g/mol. The number of benzene rings is 2. The van der Waals surface area contributed by atoms with Gasteiger partial charge in [-0.15, -0.1) is 0 Å². The van der Waals surface area contributed by atoms with Gasteiger partial charge in [0.05, 0.1) is 5.75 Å². The average molecular weight is 435 g/mol. The van der Waals surface area contributed by atoms with Crippen LogP contribution < -0.4 is 20.3 Å². The van der Waals surface area contributed by atoms with Gasteiger partial charge in [0, 0.05) is 23.4 Å². The highest BCUT2D eigenvalue weighted by molar-refractivity contribution is 7.99. The molecule has 2 N–H and O–H groups in total. The molecule has 0 saturated carbocycles. The highest BCUT2D eigenvalue weighted by atomic mass is 32.2. The van der Waals surface area contributed by atoms with E-state index >= 15 is 0 Å². The van der Waals surface area contributed by atoms with E-state index < -0.39 is 0 Å². The van der Waals surface area contributed by atoms with Gasteiger partial charge in [0.1, 0.15) is 13.2 Å². The number of fused-ring (bicyclic) bond motifs is 2. The quantitative estimate of drug-likeness (QED) is 0.464. The van der Waals surface area contributed by atoms with Gasteiger partial charge in [-0.05, 0) is 12.1 Å². The zero-order valence-corrected chi connectivity index (χ0v) is 17.0. The van der Waals surface area contributed by atoms with Crippen LogP contribution in [0.1, 0.15) is 0 Å². The molecule has 5 rings (SSSR count). The van der Waals surface area contributed by atoms with Crippen molar-refractivity contribution in [3.8, 4) is 22.9 Å². The minimum Gasteiger partial charge on any atom is -0.486 e. The second-order valence-corrected chi connectivity index (χ2v) is 7.65. The third kappa shape index (κ3) is 4.10. The van der Waals surface area contributed by atoms with E-state index in [-0.39, 0.29) is 17.2 Å². The summed E-state index contributed by atoms with van der Waals surface area (Å²) in [6.45, 7) is 0.984. The van der Waals surface area contributed by atoms with Crippen LogP contribution in [0.15, 0.2) is 64.5 Å². The lowest BCUT2D eigenvalue weighted by Gasteiger charge is -2.19. The van der Waals surface area contributed by atoms with Crippen LogP contribution in [0.3, 0.4) is 0 Å². The van der Waals surface area contributed by atoms with Crippen LogP contribution in [0.2, 0.25) is 0 Å². The van der Waals surface area contributed by atoms with E-state index in [0.29, 0.717) is 47.0 Å². The van der Waals surface area contributed by atoms with E-state index in [4.69, 9.17) is 9.47 Å². The van der Waals surface area contributed by atoms with Gasteiger partial charge in [0.15, 0.2) is 28.1 Å². The number of hydrogen-bond donors (Lipinski definition) is 2. The minimum absolute atomic E-state index is 0.0923. The Kier molecular flexibility index (Phi) is 5.04. The van der Waals surface area contributed by atoms with Crippen molar-refractivity contribution >= 4 is 29.0 Å². The van der Waals surface area contributed by atoms with Crippen molar-refractivity contribution in [1.29, 1.82) is 0 Å². The first kappa shape index (κ1) is 19.2. The van der Waals surface area contributed by atoms with E-state index in [1.54, 1.807) is 18.2 Å². The molecule has 0 saturated heterocycles. The highest BCUT2D eigenvalue weighted by Gasteiger charge is 2.15. The Bertz CT molecular complexity index is 1320. The van der Waals surface area contributed by atoms with Crippen LogP contribution in [0, 0.1) is 0 Å². The number of H-pyrrole nitrogens is 1. The fraction of sp³-hybridized carbons (Fsp3) is 0.143. The number of carbonyl (C=O) groups excluding carboxylic acids is 1. The molecule has 2 aromatic heterocycles. The normalized spacial score (nSPS) is 12.6. The van der Waals surface area contributed by atoms with Gasteiger partial charge in [0.2, 0.25) is 5.91 Å². The number of anilines is 1. The molecule has 0 bridgehead atoms. The zero-order valence-electron chi connectivity index (χ0n) is 16.2. The van der Waals surface area contributed by atoms with Crippen molar-refractivity contribution in [3.05, 3.63) is 65.0 Å². The summed E-state index contributed by atoms with van der Waals surface area (Å²) in [7, 11) is 0. The number of hydrogen-bond acceptors (Lipinski definition) is 7. The van der Waals surface area contributed by atoms with Crippen LogP contribution in [0.5, 0.6) is 11.5 Å². The summed E-state index contributed by atoms with van der Waals surface area (Å²) in [4.78, 5) is 33.3. The van der Waals surface area contributed by atoms with Crippen LogP contribution >= 0.6 is 11.8 Å². The highest BCUT2D eigenvalue weighted by Crippen LogP contribution is 2.32. The summed E-state index contributed by atoms with van der Waals surface area (Å²) in [5, 5.41) is 5.97. The van der Waals surface area contributed by atoms with E-state index in [1.165, 1.54) is 22.3 Å². The van der Waals surface area contributed by atoms with Crippen LogP contribution in [-0.4, -0.2) is 44.5 Å². The SMILES string of the molecule is O=C(CSc1nc(-c2ccccc2)nc2cc(=O)[nH]n12)Nc1ccc2c(c1)OCCO2. The molecule has 0 radical (unpaired) electrons. The Morgan fingerprint density at radius 1 is 1.06 bits per heavy atom. The van der Waals surface area contributed by atoms with Crippen LogP contribution in [-0.2, 0) is 4.79 Å². The molecule has 156 valence electrons. The Morgan fingerprint density at radius 3 is 2.71 bits per heavy atom. The van der Waals surface area contributed by atoms with E-state index in [9.17, 15) is 9.59 Å². The molecule has 31 heavy (non-hydrogen) atoms. The van der Waals surface area contributed by atoms with Crippen molar-refractivity contribution in [2.24, 2.45) is 0 Å². The first-order valence-electron chi connectivity index (χ1n) is 9.53. The summed E-state index contributed by atoms with van der Waals surface area (Å²) in [5.41, 5.74) is 1.58. The van der Waals surface area contributed by atoms with Gasteiger partial charge in [-0.1, -0.05) is 42.1 Å². The third-order valence-electron chi connectivity index (χ3n) is 4.51. The lowest BCUT2D eigenvalue weighted by molar-refractivity contribution is -0.113. The van der Waals surface area contributed by atoms with Gasteiger partial charge in [0.25, 0.3) is 5.56 Å². The maximum atomic E-state index is 12.5. The summed E-state index contributed by atoms with van der Waals surface area (Å²) in [6.07, 6.45) is 0. The number of rotatable bonds is 5. The lowest BCUT2D eigenvalue weighted by atomic mass is 10.2. The number of aromatic nitrogens is 4.